The summed E-state index contributed by atoms with van der Waals surface area (Å²) in [5, 5.41) is 13.4. The van der Waals surface area contributed by atoms with Crippen LogP contribution in [0.2, 0.25) is 0 Å². The summed E-state index contributed by atoms with van der Waals surface area (Å²) < 4.78 is 0.888. The molecule has 2 aromatic carbocycles. The number of anilines is 1. The molecule has 0 saturated carbocycles. The lowest BCUT2D eigenvalue weighted by Crippen LogP contribution is -2.19. The molecule has 0 bridgehead atoms. The fourth-order valence-corrected chi connectivity index (χ4v) is 2.95. The monoisotopic (exact) mass is 331 g/mol. The maximum atomic E-state index is 11.3. The van der Waals surface area contributed by atoms with Crippen LogP contribution < -0.4 is 5.32 Å². The van der Waals surface area contributed by atoms with Crippen molar-refractivity contribution in [2.24, 2.45) is 0 Å². The van der Waals surface area contributed by atoms with Crippen molar-refractivity contribution in [1.82, 2.24) is 0 Å². The van der Waals surface area contributed by atoms with Crippen LogP contribution in [0.1, 0.15) is 29.2 Å². The minimum atomic E-state index is -0.673. The largest absolute Gasteiger partial charge is 0.384 e. The smallest absolute Gasteiger partial charge is 0.224 e. The molecule has 20 heavy (non-hydrogen) atoms. The highest BCUT2D eigenvalue weighted by molar-refractivity contribution is 9.10. The predicted octanol–water partition coefficient (Wildman–Crippen LogP) is 3.42. The molecule has 1 amide bonds. The Balaban J connectivity index is 1.95. The van der Waals surface area contributed by atoms with Crippen LogP contribution in [0, 0.1) is 0 Å². The lowest BCUT2D eigenvalue weighted by atomic mass is 9.95. The van der Waals surface area contributed by atoms with Crippen molar-refractivity contribution < 1.29 is 9.90 Å². The van der Waals surface area contributed by atoms with E-state index in [0.29, 0.717) is 6.42 Å². The van der Waals surface area contributed by atoms with Crippen LogP contribution in [-0.4, -0.2) is 11.0 Å². The van der Waals surface area contributed by atoms with E-state index in [4.69, 9.17) is 0 Å². The molecule has 0 aromatic heterocycles. The summed E-state index contributed by atoms with van der Waals surface area (Å²) in [5.41, 5.74) is 3.61. The Morgan fingerprint density at radius 2 is 1.95 bits per heavy atom. The van der Waals surface area contributed by atoms with Crippen LogP contribution in [0.25, 0.3) is 0 Å². The van der Waals surface area contributed by atoms with Crippen molar-refractivity contribution >= 4 is 27.5 Å². The Hall–Kier alpha value is -1.65. The first-order valence-electron chi connectivity index (χ1n) is 6.50. The van der Waals surface area contributed by atoms with E-state index >= 15 is 0 Å². The summed E-state index contributed by atoms with van der Waals surface area (Å²) in [6.45, 7) is 0. The van der Waals surface area contributed by atoms with Gasteiger partial charge in [0.05, 0.1) is 0 Å². The normalized spacial score (nSPS) is 15.4. The van der Waals surface area contributed by atoms with Gasteiger partial charge in [-0.3, -0.25) is 4.79 Å². The van der Waals surface area contributed by atoms with Crippen molar-refractivity contribution in [3.05, 3.63) is 63.6 Å². The number of aliphatic hydroxyl groups is 1. The first-order valence-corrected chi connectivity index (χ1v) is 7.29. The number of fused-ring (bicyclic) bond motifs is 1. The molecule has 1 aliphatic rings. The average Bonchev–Trinajstić information content (AvgIpc) is 2.46. The van der Waals surface area contributed by atoms with Gasteiger partial charge in [-0.2, -0.15) is 0 Å². The van der Waals surface area contributed by atoms with Gasteiger partial charge in [0.15, 0.2) is 0 Å². The minimum absolute atomic E-state index is 0.0524. The maximum Gasteiger partial charge on any atom is 0.224 e. The number of rotatable bonds is 2. The van der Waals surface area contributed by atoms with Crippen LogP contribution in [0.5, 0.6) is 0 Å². The SMILES string of the molecule is O=C1CCc2cc(C(O)c3ccccc3Br)ccc2N1. The molecule has 2 aromatic rings. The third kappa shape index (κ3) is 2.49. The predicted molar refractivity (Wildman–Crippen MR) is 81.6 cm³/mol. The van der Waals surface area contributed by atoms with Gasteiger partial charge in [0, 0.05) is 16.6 Å². The van der Waals surface area contributed by atoms with E-state index < -0.39 is 6.10 Å². The number of halogens is 1. The number of hydrogen-bond acceptors (Lipinski definition) is 2. The van der Waals surface area contributed by atoms with Gasteiger partial charge >= 0.3 is 0 Å². The molecule has 3 nitrogen and oxygen atoms in total. The van der Waals surface area contributed by atoms with Crippen molar-refractivity contribution in [1.29, 1.82) is 0 Å². The lowest BCUT2D eigenvalue weighted by molar-refractivity contribution is -0.116. The number of nitrogens with one attached hydrogen (secondary N) is 1. The van der Waals surface area contributed by atoms with Gasteiger partial charge in [-0.15, -0.1) is 0 Å². The molecule has 0 spiro atoms. The summed E-state index contributed by atoms with van der Waals surface area (Å²) in [7, 11) is 0. The van der Waals surface area contributed by atoms with Crippen LogP contribution in [0.15, 0.2) is 46.9 Å². The van der Waals surface area contributed by atoms with Gasteiger partial charge in [0.2, 0.25) is 5.91 Å². The number of hydrogen-bond donors (Lipinski definition) is 2. The highest BCUT2D eigenvalue weighted by Crippen LogP contribution is 2.31. The van der Waals surface area contributed by atoms with Gasteiger partial charge < -0.3 is 10.4 Å². The molecule has 0 saturated heterocycles. The fourth-order valence-electron chi connectivity index (χ4n) is 2.45. The number of carbonyl (C=O) groups is 1. The molecule has 4 heteroatoms. The number of aliphatic hydroxyl groups excluding tert-OH is 1. The molecule has 1 aliphatic heterocycles. The number of aryl methyl sites for hydroxylation is 1. The lowest BCUT2D eigenvalue weighted by Gasteiger charge is -2.20. The Bertz CT molecular complexity index is 669. The van der Waals surface area contributed by atoms with Crippen LogP contribution in [0.4, 0.5) is 5.69 Å². The van der Waals surface area contributed by atoms with Crippen LogP contribution >= 0.6 is 15.9 Å². The first kappa shape index (κ1) is 13.3. The Kier molecular flexibility index (Phi) is 3.59. The van der Waals surface area contributed by atoms with Gasteiger partial charge in [-0.25, -0.2) is 0 Å². The summed E-state index contributed by atoms with van der Waals surface area (Å²) >= 11 is 3.46. The fraction of sp³-hybridized carbons (Fsp3) is 0.188. The van der Waals surface area contributed by atoms with Crippen molar-refractivity contribution in [2.45, 2.75) is 18.9 Å². The van der Waals surface area contributed by atoms with Crippen molar-refractivity contribution in [3.8, 4) is 0 Å². The number of carbonyl (C=O) groups excluding carboxylic acids is 1. The Labute approximate surface area is 125 Å². The highest BCUT2D eigenvalue weighted by atomic mass is 79.9. The topological polar surface area (TPSA) is 49.3 Å². The van der Waals surface area contributed by atoms with Crippen molar-refractivity contribution in [3.63, 3.8) is 0 Å². The molecular weight excluding hydrogens is 318 g/mol. The molecule has 0 aliphatic carbocycles. The van der Waals surface area contributed by atoms with Crippen molar-refractivity contribution in [2.75, 3.05) is 5.32 Å². The first-order chi connectivity index (χ1) is 9.65. The van der Waals surface area contributed by atoms with Gasteiger partial charge in [0.1, 0.15) is 6.10 Å². The van der Waals surface area contributed by atoms with E-state index in [0.717, 1.165) is 33.3 Å². The van der Waals surface area contributed by atoms with Gasteiger partial charge in [-0.05, 0) is 35.2 Å². The molecular formula is C16H14BrNO2. The van der Waals surface area contributed by atoms with E-state index in [-0.39, 0.29) is 5.91 Å². The van der Waals surface area contributed by atoms with Gasteiger partial charge in [-0.1, -0.05) is 46.3 Å². The number of benzene rings is 2. The van der Waals surface area contributed by atoms with Gasteiger partial charge in [0.25, 0.3) is 0 Å². The summed E-state index contributed by atoms with van der Waals surface area (Å²) in [6.07, 6.45) is 0.549. The van der Waals surface area contributed by atoms with Crippen LogP contribution in [0.3, 0.4) is 0 Å². The molecule has 1 atom stereocenters. The zero-order chi connectivity index (χ0) is 14.1. The average molecular weight is 332 g/mol. The molecule has 1 heterocycles. The standard InChI is InChI=1S/C16H14BrNO2/c17-13-4-2-1-3-12(13)16(20)11-5-7-14-10(9-11)6-8-15(19)18-14/h1-5,7,9,16,20H,6,8H2,(H,18,19). The third-order valence-electron chi connectivity index (χ3n) is 3.54. The minimum Gasteiger partial charge on any atom is -0.384 e. The second-order valence-electron chi connectivity index (χ2n) is 4.89. The Morgan fingerprint density at radius 3 is 2.75 bits per heavy atom. The Morgan fingerprint density at radius 1 is 1.15 bits per heavy atom. The molecule has 102 valence electrons. The van der Waals surface area contributed by atoms with E-state index in [9.17, 15) is 9.90 Å². The second kappa shape index (κ2) is 5.38. The summed E-state index contributed by atoms with van der Waals surface area (Å²) in [6, 6.07) is 13.3. The molecule has 0 radical (unpaired) electrons. The second-order valence-corrected chi connectivity index (χ2v) is 5.74. The van der Waals surface area contributed by atoms with E-state index in [1.807, 2.05) is 42.5 Å². The highest BCUT2D eigenvalue weighted by Gasteiger charge is 2.18. The number of amides is 1. The molecule has 2 N–H and O–H groups in total. The maximum absolute atomic E-state index is 11.3. The van der Waals surface area contributed by atoms with E-state index in [1.165, 1.54) is 0 Å². The zero-order valence-electron chi connectivity index (χ0n) is 10.8. The molecule has 3 rings (SSSR count). The molecule has 1 unspecified atom stereocenters. The van der Waals surface area contributed by atoms with Crippen LogP contribution in [-0.2, 0) is 11.2 Å². The summed E-state index contributed by atoms with van der Waals surface area (Å²) in [5.74, 6) is 0.0524. The van der Waals surface area contributed by atoms with E-state index in [1.54, 1.807) is 0 Å². The van der Waals surface area contributed by atoms with E-state index in [2.05, 4.69) is 21.2 Å². The third-order valence-corrected chi connectivity index (χ3v) is 4.26. The quantitative estimate of drug-likeness (QED) is 0.885. The zero-order valence-corrected chi connectivity index (χ0v) is 12.4. The molecule has 0 fully saturated rings. The summed E-state index contributed by atoms with van der Waals surface area (Å²) in [4.78, 5) is 11.3.